The number of esters is 1. The van der Waals surface area contributed by atoms with Crippen LogP contribution in [0.25, 0.3) is 0 Å². The van der Waals surface area contributed by atoms with Gasteiger partial charge in [-0.2, -0.15) is 0 Å². The zero-order chi connectivity index (χ0) is 16.2. The van der Waals surface area contributed by atoms with Gasteiger partial charge in [-0.05, 0) is 5.56 Å². The van der Waals surface area contributed by atoms with Gasteiger partial charge in [-0.25, -0.2) is 0 Å². The number of hydrogen-bond acceptors (Lipinski definition) is 3. The highest BCUT2D eigenvalue weighted by molar-refractivity contribution is 6.08. The molecule has 0 unspecified atom stereocenters. The summed E-state index contributed by atoms with van der Waals surface area (Å²) in [5, 5.41) is 0. The van der Waals surface area contributed by atoms with Crippen LogP contribution in [0.2, 0.25) is 0 Å². The maximum absolute atomic E-state index is 12.4. The van der Waals surface area contributed by atoms with Crippen molar-refractivity contribution in [1.82, 2.24) is 0 Å². The van der Waals surface area contributed by atoms with Gasteiger partial charge >= 0.3 is 5.97 Å². The van der Waals surface area contributed by atoms with Gasteiger partial charge in [0, 0.05) is 16.5 Å². The Balaban J connectivity index is 2.20. The molecule has 0 aromatic heterocycles. The van der Waals surface area contributed by atoms with Gasteiger partial charge in [0.1, 0.15) is 0 Å². The number of carbonyl (C=O) groups is 2. The van der Waals surface area contributed by atoms with Crippen LogP contribution in [-0.2, 0) is 14.9 Å². The SMILES string of the molecule is COC(=O)CC(C)(C)c1ccc(C(=O)c2ccccc2)cc1. The van der Waals surface area contributed by atoms with Gasteiger partial charge in [-0.1, -0.05) is 68.4 Å². The number of ketones is 1. The second-order valence-corrected chi connectivity index (χ2v) is 5.91. The van der Waals surface area contributed by atoms with Gasteiger partial charge in [-0.15, -0.1) is 0 Å². The van der Waals surface area contributed by atoms with Gasteiger partial charge < -0.3 is 4.74 Å². The first-order valence-corrected chi connectivity index (χ1v) is 7.21. The number of rotatable bonds is 5. The third-order valence-corrected chi connectivity index (χ3v) is 3.78. The van der Waals surface area contributed by atoms with Gasteiger partial charge in [-0.3, -0.25) is 9.59 Å². The van der Waals surface area contributed by atoms with E-state index in [1.807, 2.05) is 56.3 Å². The lowest BCUT2D eigenvalue weighted by atomic mass is 9.81. The van der Waals surface area contributed by atoms with E-state index in [0.717, 1.165) is 5.56 Å². The lowest BCUT2D eigenvalue weighted by Crippen LogP contribution is -2.22. The number of benzene rings is 2. The Bertz CT molecular complexity index is 655. The van der Waals surface area contributed by atoms with E-state index in [4.69, 9.17) is 4.74 Å². The molecule has 2 aromatic rings. The van der Waals surface area contributed by atoms with E-state index >= 15 is 0 Å². The van der Waals surface area contributed by atoms with Gasteiger partial charge in [0.05, 0.1) is 13.5 Å². The first kappa shape index (κ1) is 16.0. The van der Waals surface area contributed by atoms with Gasteiger partial charge in [0.15, 0.2) is 5.78 Å². The van der Waals surface area contributed by atoms with E-state index in [9.17, 15) is 9.59 Å². The van der Waals surface area contributed by atoms with Gasteiger partial charge in [0.25, 0.3) is 0 Å². The summed E-state index contributed by atoms with van der Waals surface area (Å²) in [5.41, 5.74) is 1.98. The van der Waals surface area contributed by atoms with E-state index in [-0.39, 0.29) is 17.2 Å². The lowest BCUT2D eigenvalue weighted by molar-refractivity contribution is -0.141. The Morgan fingerprint density at radius 3 is 2.00 bits per heavy atom. The van der Waals surface area contributed by atoms with Crippen molar-refractivity contribution in [2.75, 3.05) is 7.11 Å². The van der Waals surface area contributed by atoms with Crippen molar-refractivity contribution >= 4 is 11.8 Å². The van der Waals surface area contributed by atoms with Crippen molar-refractivity contribution in [2.45, 2.75) is 25.7 Å². The zero-order valence-electron chi connectivity index (χ0n) is 13.1. The molecule has 0 amide bonds. The maximum Gasteiger partial charge on any atom is 0.306 e. The van der Waals surface area contributed by atoms with Crippen molar-refractivity contribution < 1.29 is 14.3 Å². The summed E-state index contributed by atoms with van der Waals surface area (Å²) in [4.78, 5) is 23.8. The van der Waals surface area contributed by atoms with Crippen LogP contribution in [0.4, 0.5) is 0 Å². The van der Waals surface area contributed by atoms with E-state index in [0.29, 0.717) is 17.5 Å². The van der Waals surface area contributed by atoms with Crippen LogP contribution in [0, 0.1) is 0 Å². The normalized spacial score (nSPS) is 11.0. The first-order chi connectivity index (χ1) is 10.4. The molecule has 0 bridgehead atoms. The van der Waals surface area contributed by atoms with Crippen molar-refractivity contribution in [3.8, 4) is 0 Å². The van der Waals surface area contributed by atoms with Gasteiger partial charge in [0.2, 0.25) is 0 Å². The Morgan fingerprint density at radius 2 is 1.45 bits per heavy atom. The summed E-state index contributed by atoms with van der Waals surface area (Å²) in [6, 6.07) is 16.6. The highest BCUT2D eigenvalue weighted by atomic mass is 16.5. The molecule has 2 aromatic carbocycles. The van der Waals surface area contributed by atoms with Crippen LogP contribution >= 0.6 is 0 Å². The topological polar surface area (TPSA) is 43.4 Å². The summed E-state index contributed by atoms with van der Waals surface area (Å²) < 4.78 is 4.73. The fourth-order valence-corrected chi connectivity index (χ4v) is 2.36. The fourth-order valence-electron chi connectivity index (χ4n) is 2.36. The van der Waals surface area contributed by atoms with Crippen molar-refractivity contribution in [1.29, 1.82) is 0 Å². The number of hydrogen-bond donors (Lipinski definition) is 0. The monoisotopic (exact) mass is 296 g/mol. The molecule has 2 rings (SSSR count). The smallest absolute Gasteiger partial charge is 0.306 e. The standard InChI is InChI=1S/C19H20O3/c1-19(2,13-17(20)22-3)16-11-9-15(10-12-16)18(21)14-7-5-4-6-8-14/h4-12H,13H2,1-3H3. The molecule has 0 saturated carbocycles. The average Bonchev–Trinajstić information content (AvgIpc) is 2.54. The Hall–Kier alpha value is -2.42. The minimum atomic E-state index is -0.332. The van der Waals surface area contributed by atoms with Crippen LogP contribution in [0.3, 0.4) is 0 Å². The van der Waals surface area contributed by atoms with Crippen LogP contribution in [0.15, 0.2) is 54.6 Å². The van der Waals surface area contributed by atoms with Crippen LogP contribution in [-0.4, -0.2) is 18.9 Å². The highest BCUT2D eigenvalue weighted by Crippen LogP contribution is 2.28. The summed E-state index contributed by atoms with van der Waals surface area (Å²) in [6.07, 6.45) is 0.301. The molecule has 114 valence electrons. The first-order valence-electron chi connectivity index (χ1n) is 7.21. The average molecular weight is 296 g/mol. The zero-order valence-corrected chi connectivity index (χ0v) is 13.1. The van der Waals surface area contributed by atoms with E-state index < -0.39 is 0 Å². The molecule has 3 heteroatoms. The third kappa shape index (κ3) is 3.61. The number of ether oxygens (including phenoxy) is 1. The summed E-state index contributed by atoms with van der Waals surface area (Å²) in [5.74, 6) is -0.243. The molecule has 0 aliphatic carbocycles. The molecular weight excluding hydrogens is 276 g/mol. The molecule has 0 aliphatic rings. The lowest BCUT2D eigenvalue weighted by Gasteiger charge is -2.24. The summed E-state index contributed by atoms with van der Waals surface area (Å²) in [7, 11) is 1.39. The molecule has 0 atom stereocenters. The van der Waals surface area contributed by atoms with E-state index in [1.54, 1.807) is 12.1 Å². The molecule has 0 aliphatic heterocycles. The van der Waals surface area contributed by atoms with E-state index in [2.05, 4.69) is 0 Å². The maximum atomic E-state index is 12.4. The Morgan fingerprint density at radius 1 is 0.909 bits per heavy atom. The van der Waals surface area contributed by atoms with Crippen molar-refractivity contribution in [3.05, 3.63) is 71.3 Å². The Kier molecular flexibility index (Phi) is 4.76. The second kappa shape index (κ2) is 6.56. The molecule has 3 nitrogen and oxygen atoms in total. The van der Waals surface area contributed by atoms with Crippen LogP contribution in [0.1, 0.15) is 41.8 Å². The Labute approximate surface area is 130 Å². The van der Waals surface area contributed by atoms with Crippen LogP contribution in [0.5, 0.6) is 0 Å². The molecule has 0 radical (unpaired) electrons. The van der Waals surface area contributed by atoms with Crippen LogP contribution < -0.4 is 0 Å². The molecule has 0 N–H and O–H groups in total. The largest absolute Gasteiger partial charge is 0.469 e. The third-order valence-electron chi connectivity index (χ3n) is 3.78. The quantitative estimate of drug-likeness (QED) is 0.623. The minimum Gasteiger partial charge on any atom is -0.469 e. The highest BCUT2D eigenvalue weighted by Gasteiger charge is 2.25. The molecule has 0 fully saturated rings. The summed E-state index contributed by atoms with van der Waals surface area (Å²) in [6.45, 7) is 3.97. The fraction of sp³-hybridized carbons (Fsp3) is 0.263. The number of methoxy groups -OCH3 is 1. The molecule has 22 heavy (non-hydrogen) atoms. The molecule has 0 spiro atoms. The second-order valence-electron chi connectivity index (χ2n) is 5.91. The molecule has 0 saturated heterocycles. The molecule has 0 heterocycles. The minimum absolute atomic E-state index is 0.00192. The predicted molar refractivity (Wildman–Crippen MR) is 86.0 cm³/mol. The summed E-state index contributed by atoms with van der Waals surface area (Å²) >= 11 is 0. The molecular formula is C19H20O3. The van der Waals surface area contributed by atoms with Crippen molar-refractivity contribution in [3.63, 3.8) is 0 Å². The number of carbonyl (C=O) groups excluding carboxylic acids is 2. The van der Waals surface area contributed by atoms with Crippen molar-refractivity contribution in [2.24, 2.45) is 0 Å². The predicted octanol–water partition coefficient (Wildman–Crippen LogP) is 3.76. The van der Waals surface area contributed by atoms with E-state index in [1.165, 1.54) is 7.11 Å².